The summed E-state index contributed by atoms with van der Waals surface area (Å²) in [5.41, 5.74) is 6.34. The first-order valence-electron chi connectivity index (χ1n) is 6.52. The van der Waals surface area contributed by atoms with E-state index in [1.54, 1.807) is 0 Å². The summed E-state index contributed by atoms with van der Waals surface area (Å²) in [5.74, 6) is 0.650. The van der Waals surface area contributed by atoms with E-state index in [9.17, 15) is 0 Å². The molecule has 0 saturated carbocycles. The van der Waals surface area contributed by atoms with E-state index in [4.69, 9.17) is 5.73 Å². The third-order valence-electron chi connectivity index (χ3n) is 3.93. The maximum Gasteiger partial charge on any atom is 0.0123 e. The van der Waals surface area contributed by atoms with Crippen molar-refractivity contribution in [3.8, 4) is 0 Å². The maximum atomic E-state index is 5.67. The first-order chi connectivity index (χ1) is 7.15. The molecule has 0 aromatic rings. The largest absolute Gasteiger partial charge is 0.330 e. The number of nitrogens with two attached hydrogens (primary N) is 1. The predicted octanol–water partition coefficient (Wildman–Crippen LogP) is 3.02. The Balaban J connectivity index is 4.65. The van der Waals surface area contributed by atoms with Gasteiger partial charge in [-0.2, -0.15) is 0 Å². The summed E-state index contributed by atoms with van der Waals surface area (Å²) in [4.78, 5) is 0. The molecular weight excluding hydrogens is 196 g/mol. The maximum absolute atomic E-state index is 5.67. The molecular formula is C14H32N2. The van der Waals surface area contributed by atoms with E-state index >= 15 is 0 Å². The third kappa shape index (κ3) is 4.84. The molecule has 0 rings (SSSR count). The van der Waals surface area contributed by atoms with Crippen LogP contribution in [0.25, 0.3) is 0 Å². The van der Waals surface area contributed by atoms with Crippen molar-refractivity contribution >= 4 is 0 Å². The number of rotatable bonds is 6. The molecule has 0 aliphatic carbocycles. The van der Waals surface area contributed by atoms with Gasteiger partial charge in [0.2, 0.25) is 0 Å². The van der Waals surface area contributed by atoms with Crippen molar-refractivity contribution in [2.45, 2.75) is 60.4 Å². The van der Waals surface area contributed by atoms with Crippen LogP contribution >= 0.6 is 0 Å². The Morgan fingerprint density at radius 2 is 1.62 bits per heavy atom. The van der Waals surface area contributed by atoms with Gasteiger partial charge in [0.05, 0.1) is 0 Å². The first-order valence-corrected chi connectivity index (χ1v) is 6.52. The van der Waals surface area contributed by atoms with Gasteiger partial charge in [0.1, 0.15) is 0 Å². The number of hydrogen-bond donors (Lipinski definition) is 2. The summed E-state index contributed by atoms with van der Waals surface area (Å²) in [7, 11) is 2.08. The molecule has 0 aromatic heterocycles. The van der Waals surface area contributed by atoms with Gasteiger partial charge in [-0.05, 0) is 43.2 Å². The predicted molar refractivity (Wildman–Crippen MR) is 73.5 cm³/mol. The van der Waals surface area contributed by atoms with Crippen molar-refractivity contribution < 1.29 is 0 Å². The summed E-state index contributed by atoms with van der Waals surface area (Å²) in [6.07, 6.45) is 2.31. The van der Waals surface area contributed by atoms with Crippen molar-refractivity contribution in [3.63, 3.8) is 0 Å². The fourth-order valence-corrected chi connectivity index (χ4v) is 2.31. The zero-order valence-corrected chi connectivity index (χ0v) is 12.4. The Bertz CT molecular complexity index is 191. The highest BCUT2D eigenvalue weighted by Crippen LogP contribution is 2.37. The summed E-state index contributed by atoms with van der Waals surface area (Å²) in [6.45, 7) is 14.7. The smallest absolute Gasteiger partial charge is 0.0123 e. The minimum absolute atomic E-state index is 0.293. The second-order valence-electron chi connectivity index (χ2n) is 6.91. The molecule has 0 saturated heterocycles. The standard InChI is InChI=1S/C14H32N2/c1-11(8-9-15)14(5,6)12(16-7)10-13(2,3)4/h11-12,16H,8-10,15H2,1-7H3. The van der Waals surface area contributed by atoms with Crippen molar-refractivity contribution in [1.29, 1.82) is 0 Å². The molecule has 2 nitrogen and oxygen atoms in total. The van der Waals surface area contributed by atoms with Crippen LogP contribution in [0.2, 0.25) is 0 Å². The Labute approximate surface area is 102 Å². The highest BCUT2D eigenvalue weighted by molar-refractivity contribution is 4.89. The van der Waals surface area contributed by atoms with Gasteiger partial charge in [0.25, 0.3) is 0 Å². The zero-order valence-electron chi connectivity index (χ0n) is 12.4. The van der Waals surface area contributed by atoms with Crippen LogP contribution in [0, 0.1) is 16.7 Å². The molecule has 16 heavy (non-hydrogen) atoms. The molecule has 2 unspecified atom stereocenters. The molecule has 98 valence electrons. The summed E-state index contributed by atoms with van der Waals surface area (Å²) in [5, 5.41) is 3.50. The van der Waals surface area contributed by atoms with Gasteiger partial charge in [0, 0.05) is 6.04 Å². The van der Waals surface area contributed by atoms with E-state index in [0.717, 1.165) is 13.0 Å². The van der Waals surface area contributed by atoms with E-state index in [1.165, 1.54) is 6.42 Å². The second-order valence-corrected chi connectivity index (χ2v) is 6.91. The average Bonchev–Trinajstić information content (AvgIpc) is 2.12. The SMILES string of the molecule is CNC(CC(C)(C)C)C(C)(C)C(C)CCN. The molecule has 2 heteroatoms. The minimum atomic E-state index is 0.293. The van der Waals surface area contributed by atoms with Crippen LogP contribution in [0.4, 0.5) is 0 Å². The van der Waals surface area contributed by atoms with E-state index < -0.39 is 0 Å². The quantitative estimate of drug-likeness (QED) is 0.733. The molecule has 0 heterocycles. The van der Waals surface area contributed by atoms with Crippen LogP contribution in [0.5, 0.6) is 0 Å². The van der Waals surface area contributed by atoms with Gasteiger partial charge in [-0.15, -0.1) is 0 Å². The lowest BCUT2D eigenvalue weighted by atomic mass is 9.68. The Morgan fingerprint density at radius 3 is 1.94 bits per heavy atom. The van der Waals surface area contributed by atoms with Gasteiger partial charge in [-0.3, -0.25) is 0 Å². The van der Waals surface area contributed by atoms with E-state index in [0.29, 0.717) is 22.8 Å². The normalized spacial score (nSPS) is 17.2. The van der Waals surface area contributed by atoms with Crippen molar-refractivity contribution in [2.75, 3.05) is 13.6 Å². The van der Waals surface area contributed by atoms with Gasteiger partial charge >= 0.3 is 0 Å². The van der Waals surface area contributed by atoms with E-state index in [2.05, 4.69) is 53.9 Å². The molecule has 0 amide bonds. The van der Waals surface area contributed by atoms with Crippen LogP contribution < -0.4 is 11.1 Å². The molecule has 2 atom stereocenters. The van der Waals surface area contributed by atoms with Crippen LogP contribution in [0.1, 0.15) is 54.4 Å². The average molecular weight is 228 g/mol. The molecule has 0 radical (unpaired) electrons. The van der Waals surface area contributed by atoms with Crippen LogP contribution in [0.15, 0.2) is 0 Å². The summed E-state index contributed by atoms with van der Waals surface area (Å²) >= 11 is 0. The lowest BCUT2D eigenvalue weighted by Crippen LogP contribution is -2.46. The molecule has 0 spiro atoms. The van der Waals surface area contributed by atoms with Gasteiger partial charge in [-0.1, -0.05) is 41.5 Å². The fraction of sp³-hybridized carbons (Fsp3) is 1.00. The van der Waals surface area contributed by atoms with Crippen molar-refractivity contribution in [3.05, 3.63) is 0 Å². The van der Waals surface area contributed by atoms with Crippen LogP contribution in [0.3, 0.4) is 0 Å². The Kier molecular flexibility index (Phi) is 5.99. The first kappa shape index (κ1) is 15.9. The molecule has 0 fully saturated rings. The van der Waals surface area contributed by atoms with Crippen molar-refractivity contribution in [1.82, 2.24) is 5.32 Å². The monoisotopic (exact) mass is 228 g/mol. The zero-order chi connectivity index (χ0) is 13.0. The Morgan fingerprint density at radius 1 is 1.12 bits per heavy atom. The number of hydrogen-bond acceptors (Lipinski definition) is 2. The molecule has 0 aromatic carbocycles. The van der Waals surface area contributed by atoms with Gasteiger partial charge in [0.15, 0.2) is 0 Å². The molecule has 0 aliphatic heterocycles. The van der Waals surface area contributed by atoms with Gasteiger partial charge < -0.3 is 11.1 Å². The Hall–Kier alpha value is -0.0800. The second kappa shape index (κ2) is 6.02. The summed E-state index contributed by atoms with van der Waals surface area (Å²) < 4.78 is 0. The number of nitrogens with one attached hydrogen (secondary N) is 1. The van der Waals surface area contributed by atoms with Crippen LogP contribution in [-0.2, 0) is 0 Å². The minimum Gasteiger partial charge on any atom is -0.330 e. The van der Waals surface area contributed by atoms with Crippen LogP contribution in [-0.4, -0.2) is 19.6 Å². The fourth-order valence-electron chi connectivity index (χ4n) is 2.31. The lowest BCUT2D eigenvalue weighted by molar-refractivity contribution is 0.117. The van der Waals surface area contributed by atoms with Crippen molar-refractivity contribution in [2.24, 2.45) is 22.5 Å². The highest BCUT2D eigenvalue weighted by atomic mass is 14.9. The lowest BCUT2D eigenvalue weighted by Gasteiger charge is -2.42. The van der Waals surface area contributed by atoms with Gasteiger partial charge in [-0.25, -0.2) is 0 Å². The molecule has 3 N–H and O–H groups in total. The molecule has 0 bridgehead atoms. The van der Waals surface area contributed by atoms with E-state index in [1.807, 2.05) is 0 Å². The molecule has 0 aliphatic rings. The highest BCUT2D eigenvalue weighted by Gasteiger charge is 2.35. The third-order valence-corrected chi connectivity index (χ3v) is 3.93. The summed E-state index contributed by atoms with van der Waals surface area (Å²) in [6, 6.07) is 0.550. The topological polar surface area (TPSA) is 38.0 Å². The van der Waals surface area contributed by atoms with E-state index in [-0.39, 0.29) is 0 Å².